The molecule has 4 rings (SSSR count). The summed E-state index contributed by atoms with van der Waals surface area (Å²) >= 11 is 0. The van der Waals surface area contributed by atoms with E-state index in [9.17, 15) is 0 Å². The smallest absolute Gasteiger partial charge is 0.219 e. The number of nitrogens with zero attached hydrogens (tertiary/aromatic N) is 2. The predicted molar refractivity (Wildman–Crippen MR) is 156 cm³/mol. The number of nitrogens with one attached hydrogen (secondary N) is 1. The Bertz CT molecular complexity index is 1000. The van der Waals surface area contributed by atoms with Gasteiger partial charge in [0.2, 0.25) is 6.67 Å². The molecule has 36 heavy (non-hydrogen) atoms. The van der Waals surface area contributed by atoms with E-state index in [4.69, 9.17) is 0 Å². The van der Waals surface area contributed by atoms with E-state index in [2.05, 4.69) is 120 Å². The van der Waals surface area contributed by atoms with Gasteiger partial charge >= 0.3 is 0 Å². The highest BCUT2D eigenvalue weighted by molar-refractivity contribution is 5.67. The molecule has 2 aliphatic rings. The van der Waals surface area contributed by atoms with E-state index >= 15 is 0 Å². The van der Waals surface area contributed by atoms with Crippen LogP contribution in [0.2, 0.25) is 0 Å². The standard InChI is InChI=1S/C33H47N3/c1-22(2)26-14-27(23(3)4)17-31(16-26)35-20-33(34-30-12-10-9-11-13-30)36(21-35)32-18-28(24(5)6)15-29(19-32)25(7)8/h14-20,22-25,30,34H,9-13H2,1-8H3. The molecule has 1 saturated carbocycles. The first kappa shape index (κ1) is 26.6. The van der Waals surface area contributed by atoms with E-state index in [0.717, 1.165) is 5.82 Å². The summed E-state index contributed by atoms with van der Waals surface area (Å²) in [5, 5.41) is 3.92. The first-order chi connectivity index (χ1) is 17.1. The Morgan fingerprint density at radius 2 is 1.08 bits per heavy atom. The number of anilines is 2. The zero-order chi connectivity index (χ0) is 26.0. The molecule has 3 nitrogen and oxygen atoms in total. The average molecular weight is 486 g/mol. The van der Waals surface area contributed by atoms with E-state index in [0.29, 0.717) is 29.7 Å². The van der Waals surface area contributed by atoms with Crippen LogP contribution >= 0.6 is 0 Å². The third-order valence-electron chi connectivity index (χ3n) is 7.79. The summed E-state index contributed by atoms with van der Waals surface area (Å²) in [5.74, 6) is 3.08. The lowest BCUT2D eigenvalue weighted by atomic mass is 9.94. The van der Waals surface area contributed by atoms with Crippen LogP contribution in [0.1, 0.15) is 133 Å². The van der Waals surface area contributed by atoms with Crippen molar-refractivity contribution in [3.05, 3.63) is 77.3 Å². The Balaban J connectivity index is 1.75. The molecule has 194 valence electrons. The van der Waals surface area contributed by atoms with Crippen LogP contribution < -0.4 is 15.1 Å². The van der Waals surface area contributed by atoms with Crippen LogP contribution in [0, 0.1) is 6.67 Å². The average Bonchev–Trinajstić information content (AvgIpc) is 3.27. The maximum atomic E-state index is 3.92. The fourth-order valence-corrected chi connectivity index (χ4v) is 5.18. The highest BCUT2D eigenvalue weighted by Crippen LogP contribution is 2.37. The van der Waals surface area contributed by atoms with Crippen molar-refractivity contribution in [2.24, 2.45) is 0 Å². The summed E-state index contributed by atoms with van der Waals surface area (Å²) < 4.78 is 0. The Morgan fingerprint density at radius 3 is 1.53 bits per heavy atom. The van der Waals surface area contributed by atoms with Gasteiger partial charge in [0.15, 0.2) is 0 Å². The SMILES string of the molecule is CC(C)c1cc(C(C)C)cc(N2[C]N(c3cc(C(C)C)cc(C(C)C)c3)C(NC3CCCCC3)=C2)c1. The molecule has 0 aromatic heterocycles. The molecule has 0 atom stereocenters. The summed E-state index contributed by atoms with van der Waals surface area (Å²) in [7, 11) is 0. The van der Waals surface area contributed by atoms with E-state index in [1.165, 1.54) is 65.7 Å². The van der Waals surface area contributed by atoms with Gasteiger partial charge in [-0.15, -0.1) is 0 Å². The minimum Gasteiger partial charge on any atom is -0.367 e. The Kier molecular flexibility index (Phi) is 8.37. The molecule has 2 aromatic rings. The van der Waals surface area contributed by atoms with Gasteiger partial charge in [0, 0.05) is 23.6 Å². The first-order valence-corrected chi connectivity index (χ1v) is 14.3. The highest BCUT2D eigenvalue weighted by Gasteiger charge is 2.29. The zero-order valence-corrected chi connectivity index (χ0v) is 23.9. The molecule has 0 unspecified atom stereocenters. The number of hydrogen-bond donors (Lipinski definition) is 1. The van der Waals surface area contributed by atoms with Crippen molar-refractivity contribution in [1.82, 2.24) is 5.32 Å². The molecule has 0 amide bonds. The lowest BCUT2D eigenvalue weighted by Gasteiger charge is -2.29. The molecule has 1 aliphatic heterocycles. The third-order valence-corrected chi connectivity index (χ3v) is 7.79. The second-order valence-electron chi connectivity index (χ2n) is 12.1. The van der Waals surface area contributed by atoms with Crippen LogP contribution in [0.25, 0.3) is 0 Å². The van der Waals surface area contributed by atoms with E-state index < -0.39 is 0 Å². The monoisotopic (exact) mass is 485 g/mol. The topological polar surface area (TPSA) is 18.5 Å². The van der Waals surface area contributed by atoms with Crippen molar-refractivity contribution in [1.29, 1.82) is 0 Å². The van der Waals surface area contributed by atoms with Gasteiger partial charge in [-0.2, -0.15) is 0 Å². The summed E-state index contributed by atoms with van der Waals surface area (Å²) in [6, 6.07) is 14.7. The van der Waals surface area contributed by atoms with Crippen molar-refractivity contribution in [3.8, 4) is 0 Å². The van der Waals surface area contributed by atoms with E-state index in [1.54, 1.807) is 0 Å². The van der Waals surface area contributed by atoms with Crippen molar-refractivity contribution >= 4 is 11.4 Å². The second-order valence-corrected chi connectivity index (χ2v) is 12.1. The third kappa shape index (κ3) is 6.10. The minimum atomic E-state index is 0.483. The van der Waals surface area contributed by atoms with E-state index in [1.807, 2.05) is 0 Å². The molecule has 2 radical (unpaired) electrons. The lowest BCUT2D eigenvalue weighted by molar-refractivity contribution is 0.395. The van der Waals surface area contributed by atoms with Crippen LogP contribution in [0.15, 0.2) is 48.4 Å². The highest BCUT2D eigenvalue weighted by atomic mass is 15.4. The summed E-state index contributed by atoms with van der Waals surface area (Å²) in [4.78, 5) is 4.48. The quantitative estimate of drug-likeness (QED) is 0.402. The number of rotatable bonds is 8. The predicted octanol–water partition coefficient (Wildman–Crippen LogP) is 9.22. The van der Waals surface area contributed by atoms with Crippen LogP contribution in [0.3, 0.4) is 0 Å². The fraction of sp³-hybridized carbons (Fsp3) is 0.545. The van der Waals surface area contributed by atoms with Gasteiger partial charge in [0.25, 0.3) is 0 Å². The molecule has 0 bridgehead atoms. The summed E-state index contributed by atoms with van der Waals surface area (Å²) in [5.41, 5.74) is 7.94. The molecule has 1 fully saturated rings. The normalized spacial score (nSPS) is 17.2. The number of benzene rings is 2. The maximum Gasteiger partial charge on any atom is 0.219 e. The fourth-order valence-electron chi connectivity index (χ4n) is 5.18. The van der Waals surface area contributed by atoms with Gasteiger partial charge in [-0.05, 0) is 83.0 Å². The van der Waals surface area contributed by atoms with Crippen molar-refractivity contribution in [2.75, 3.05) is 9.80 Å². The number of hydrogen-bond acceptors (Lipinski definition) is 3. The molecular formula is C33H47N3. The molecule has 2 aromatic carbocycles. The van der Waals surface area contributed by atoms with Crippen molar-refractivity contribution in [2.45, 2.75) is 117 Å². The van der Waals surface area contributed by atoms with Gasteiger partial charge in [-0.3, -0.25) is 4.90 Å². The summed E-state index contributed by atoms with van der Waals surface area (Å²) in [6.07, 6.45) is 8.74. The Hall–Kier alpha value is -2.42. The first-order valence-electron chi connectivity index (χ1n) is 14.3. The Labute approximate surface area is 221 Å². The maximum absolute atomic E-state index is 3.92. The van der Waals surface area contributed by atoms with Gasteiger partial charge < -0.3 is 10.2 Å². The minimum absolute atomic E-state index is 0.483. The van der Waals surface area contributed by atoms with Gasteiger partial charge in [0.1, 0.15) is 5.82 Å². The molecule has 1 heterocycles. The largest absolute Gasteiger partial charge is 0.367 e. The van der Waals surface area contributed by atoms with Crippen LogP contribution in [-0.4, -0.2) is 6.04 Å². The van der Waals surface area contributed by atoms with E-state index in [-0.39, 0.29) is 0 Å². The molecule has 1 N–H and O–H groups in total. The van der Waals surface area contributed by atoms with Gasteiger partial charge in [0.05, 0.1) is 0 Å². The van der Waals surface area contributed by atoms with Crippen LogP contribution in [0.4, 0.5) is 11.4 Å². The van der Waals surface area contributed by atoms with Gasteiger partial charge in [-0.25, -0.2) is 0 Å². The molecule has 3 heteroatoms. The van der Waals surface area contributed by atoms with Crippen LogP contribution in [-0.2, 0) is 0 Å². The second kappa shape index (κ2) is 11.3. The Morgan fingerprint density at radius 1 is 0.639 bits per heavy atom. The van der Waals surface area contributed by atoms with Crippen LogP contribution in [0.5, 0.6) is 0 Å². The molecule has 0 spiro atoms. The molecule has 0 saturated heterocycles. The van der Waals surface area contributed by atoms with Gasteiger partial charge in [-0.1, -0.05) is 86.8 Å². The molecule has 1 aliphatic carbocycles. The molecular weight excluding hydrogens is 438 g/mol. The van der Waals surface area contributed by atoms with Crippen molar-refractivity contribution in [3.63, 3.8) is 0 Å². The van der Waals surface area contributed by atoms with Crippen molar-refractivity contribution < 1.29 is 0 Å². The zero-order valence-electron chi connectivity index (χ0n) is 23.9. The lowest BCUT2D eigenvalue weighted by Crippen LogP contribution is -2.36. The summed E-state index contributed by atoms with van der Waals surface area (Å²) in [6.45, 7) is 22.0.